The van der Waals surface area contributed by atoms with Crippen molar-refractivity contribution >= 4 is 23.9 Å². The van der Waals surface area contributed by atoms with Crippen LogP contribution >= 0.6 is 0 Å². The summed E-state index contributed by atoms with van der Waals surface area (Å²) in [5.74, 6) is -1.05. The number of carbonyl (C=O) groups is 4. The smallest absolute Gasteiger partial charge is 0.411 e. The Morgan fingerprint density at radius 1 is 0.812 bits per heavy atom. The van der Waals surface area contributed by atoms with Crippen molar-refractivity contribution in [3.8, 4) is 0 Å². The Kier molecular flexibility index (Phi) is 8.66. The predicted octanol–water partition coefficient (Wildman–Crippen LogP) is 3.78. The number of aliphatic carboxylic acids is 1. The fourth-order valence-electron chi connectivity index (χ4n) is 3.21. The summed E-state index contributed by atoms with van der Waals surface area (Å²) in [4.78, 5) is 48.5. The van der Waals surface area contributed by atoms with E-state index in [-0.39, 0.29) is 12.3 Å². The number of amides is 2. The fourth-order valence-corrected chi connectivity index (χ4v) is 3.21. The molecule has 2 aliphatic heterocycles. The number of Topliss-reactive ketones (excluding diaryl/α,β-unsaturated/α-hetero) is 1. The van der Waals surface area contributed by atoms with E-state index in [1.54, 1.807) is 41.5 Å². The number of nitrogens with zero attached hydrogens (tertiary/aromatic N) is 2. The third kappa shape index (κ3) is 8.36. The summed E-state index contributed by atoms with van der Waals surface area (Å²) < 4.78 is 10.4. The molecule has 9 heteroatoms. The van der Waals surface area contributed by atoms with E-state index in [1.807, 2.05) is 0 Å². The first-order chi connectivity index (χ1) is 14.4. The minimum Gasteiger partial charge on any atom is -0.480 e. The third-order valence-electron chi connectivity index (χ3n) is 4.51. The maximum absolute atomic E-state index is 11.8. The van der Waals surface area contributed by atoms with Crippen molar-refractivity contribution in [1.29, 1.82) is 0 Å². The van der Waals surface area contributed by atoms with Crippen molar-refractivity contribution in [2.75, 3.05) is 13.1 Å². The molecule has 0 aromatic heterocycles. The zero-order chi connectivity index (χ0) is 25.0. The molecule has 0 saturated carbocycles. The number of likely N-dealkylation sites (tertiary alicyclic amines) is 2. The van der Waals surface area contributed by atoms with Crippen LogP contribution in [0.5, 0.6) is 0 Å². The highest BCUT2D eigenvalue weighted by Gasteiger charge is 2.38. The Balaban J connectivity index is 0.000000320. The molecule has 2 rings (SSSR count). The lowest BCUT2D eigenvalue weighted by molar-refractivity contribution is -0.142. The van der Waals surface area contributed by atoms with Gasteiger partial charge >= 0.3 is 18.2 Å². The van der Waals surface area contributed by atoms with Gasteiger partial charge in [0, 0.05) is 19.5 Å². The van der Waals surface area contributed by atoms with E-state index in [9.17, 15) is 19.2 Å². The van der Waals surface area contributed by atoms with Gasteiger partial charge in [-0.25, -0.2) is 14.4 Å². The van der Waals surface area contributed by atoms with Gasteiger partial charge in [-0.15, -0.1) is 0 Å². The van der Waals surface area contributed by atoms with Crippen LogP contribution in [0.2, 0.25) is 0 Å². The fraction of sp³-hybridized carbons (Fsp3) is 0.652. The van der Waals surface area contributed by atoms with Gasteiger partial charge in [0.25, 0.3) is 0 Å². The third-order valence-corrected chi connectivity index (χ3v) is 4.51. The van der Waals surface area contributed by atoms with Gasteiger partial charge in [0.15, 0.2) is 5.78 Å². The van der Waals surface area contributed by atoms with E-state index in [1.165, 1.54) is 16.7 Å². The molecule has 0 unspecified atom stereocenters. The molecule has 32 heavy (non-hydrogen) atoms. The highest BCUT2D eigenvalue weighted by Crippen LogP contribution is 2.25. The second-order valence-electron chi connectivity index (χ2n) is 10.1. The number of carboxylic acid groups (broad SMARTS) is 1. The van der Waals surface area contributed by atoms with Crippen molar-refractivity contribution in [3.05, 3.63) is 24.3 Å². The molecule has 2 aliphatic rings. The normalized spacial score (nSPS) is 21.1. The van der Waals surface area contributed by atoms with E-state index < -0.39 is 41.4 Å². The quantitative estimate of drug-likeness (QED) is 0.634. The van der Waals surface area contributed by atoms with Crippen LogP contribution in [0, 0.1) is 0 Å². The minimum atomic E-state index is -1.02. The van der Waals surface area contributed by atoms with Crippen molar-refractivity contribution in [2.24, 2.45) is 0 Å². The lowest BCUT2D eigenvalue weighted by Gasteiger charge is -2.27. The molecular formula is C23H36N2O7. The summed E-state index contributed by atoms with van der Waals surface area (Å²) in [6.45, 7) is 20.3. The SMILES string of the molecule is C=C1C[C@@H](C(=O)O)N(C(=O)OC(C)(C)C)C1.C=C1C[C@@H](C(C)=O)N(C(=O)OC(C)(C)C)C1. The Labute approximate surface area is 190 Å². The summed E-state index contributed by atoms with van der Waals surface area (Å²) in [6.07, 6.45) is -0.187. The average molecular weight is 453 g/mol. The molecular weight excluding hydrogens is 416 g/mol. The number of hydrogen-bond acceptors (Lipinski definition) is 6. The van der Waals surface area contributed by atoms with E-state index in [0.717, 1.165) is 11.1 Å². The number of rotatable bonds is 2. The molecule has 0 aliphatic carbocycles. The van der Waals surface area contributed by atoms with Gasteiger partial charge in [0.1, 0.15) is 17.2 Å². The molecule has 0 bridgehead atoms. The van der Waals surface area contributed by atoms with Gasteiger partial charge in [-0.3, -0.25) is 14.6 Å². The lowest BCUT2D eigenvalue weighted by atomic mass is 10.1. The highest BCUT2D eigenvalue weighted by atomic mass is 16.6. The summed E-state index contributed by atoms with van der Waals surface area (Å²) in [5.41, 5.74) is 0.469. The zero-order valence-electron chi connectivity index (χ0n) is 20.2. The van der Waals surface area contributed by atoms with Crippen molar-refractivity contribution in [1.82, 2.24) is 9.80 Å². The Morgan fingerprint density at radius 2 is 1.16 bits per heavy atom. The van der Waals surface area contributed by atoms with Crippen LogP contribution in [0.3, 0.4) is 0 Å². The molecule has 1 N–H and O–H groups in total. The van der Waals surface area contributed by atoms with Crippen molar-refractivity contribution in [2.45, 2.75) is 84.6 Å². The lowest BCUT2D eigenvalue weighted by Crippen LogP contribution is -2.43. The Bertz CT molecular complexity index is 723. The molecule has 9 nitrogen and oxygen atoms in total. The molecule has 0 aromatic carbocycles. The highest BCUT2D eigenvalue weighted by molar-refractivity contribution is 5.87. The molecule has 2 atom stereocenters. The van der Waals surface area contributed by atoms with Crippen LogP contribution < -0.4 is 0 Å². The van der Waals surface area contributed by atoms with Gasteiger partial charge in [-0.1, -0.05) is 24.3 Å². The van der Waals surface area contributed by atoms with Crippen molar-refractivity contribution < 1.29 is 33.8 Å². The standard InChI is InChI=1S/C12H19NO3.C11H17NO4/c1-8-6-10(9(2)14)13(7-8)11(15)16-12(3,4)5;1-7-5-8(9(13)14)12(6-7)10(15)16-11(2,3)4/h10H,1,6-7H2,2-5H3;8H,1,5-6H2,2-4H3,(H,13,14)/t10-;8-/m00/s1. The monoisotopic (exact) mass is 452 g/mol. The largest absolute Gasteiger partial charge is 0.480 e. The summed E-state index contributed by atoms with van der Waals surface area (Å²) >= 11 is 0. The number of ketones is 1. The molecule has 0 radical (unpaired) electrons. The second-order valence-corrected chi connectivity index (χ2v) is 10.1. The number of carbonyl (C=O) groups excluding carboxylic acids is 3. The van der Waals surface area contributed by atoms with Crippen LogP contribution in [-0.4, -0.2) is 75.2 Å². The maximum atomic E-state index is 11.8. The van der Waals surface area contributed by atoms with Gasteiger partial charge < -0.3 is 14.6 Å². The number of hydrogen-bond donors (Lipinski definition) is 1. The Morgan fingerprint density at radius 3 is 1.47 bits per heavy atom. The van der Waals surface area contributed by atoms with Gasteiger partial charge in [0.2, 0.25) is 0 Å². The van der Waals surface area contributed by atoms with Crippen LogP contribution in [0.1, 0.15) is 61.3 Å². The first-order valence-corrected chi connectivity index (χ1v) is 10.5. The van der Waals surface area contributed by atoms with Crippen molar-refractivity contribution in [3.63, 3.8) is 0 Å². The topological polar surface area (TPSA) is 113 Å². The average Bonchev–Trinajstić information content (AvgIpc) is 3.15. The molecule has 2 saturated heterocycles. The molecule has 180 valence electrons. The maximum Gasteiger partial charge on any atom is 0.411 e. The van der Waals surface area contributed by atoms with Crippen LogP contribution in [-0.2, 0) is 19.1 Å². The number of carboxylic acids is 1. The Hall–Kier alpha value is -2.84. The van der Waals surface area contributed by atoms with E-state index in [0.29, 0.717) is 19.4 Å². The molecule has 0 spiro atoms. The summed E-state index contributed by atoms with van der Waals surface area (Å²) in [6, 6.07) is -1.25. The summed E-state index contributed by atoms with van der Waals surface area (Å²) in [5, 5.41) is 8.96. The number of ether oxygens (including phenoxy) is 2. The minimum absolute atomic E-state index is 0.0236. The van der Waals surface area contributed by atoms with E-state index in [4.69, 9.17) is 14.6 Å². The first-order valence-electron chi connectivity index (χ1n) is 10.5. The van der Waals surface area contributed by atoms with Gasteiger partial charge in [-0.2, -0.15) is 0 Å². The molecule has 2 heterocycles. The van der Waals surface area contributed by atoms with Crippen LogP contribution in [0.25, 0.3) is 0 Å². The summed E-state index contributed by atoms with van der Waals surface area (Å²) in [7, 11) is 0. The first kappa shape index (κ1) is 27.2. The molecule has 2 amide bonds. The van der Waals surface area contributed by atoms with E-state index in [2.05, 4.69) is 13.2 Å². The van der Waals surface area contributed by atoms with Gasteiger partial charge in [-0.05, 0) is 54.9 Å². The molecule has 2 fully saturated rings. The van der Waals surface area contributed by atoms with E-state index >= 15 is 0 Å². The second kappa shape index (κ2) is 10.2. The molecule has 0 aromatic rings. The predicted molar refractivity (Wildman–Crippen MR) is 119 cm³/mol. The zero-order valence-corrected chi connectivity index (χ0v) is 20.2. The van der Waals surface area contributed by atoms with Gasteiger partial charge in [0.05, 0.1) is 6.04 Å². The van der Waals surface area contributed by atoms with Crippen LogP contribution in [0.15, 0.2) is 24.3 Å². The van der Waals surface area contributed by atoms with Crippen LogP contribution in [0.4, 0.5) is 9.59 Å².